The highest BCUT2D eigenvalue weighted by Gasteiger charge is 2.16. The molecule has 2 N–H and O–H groups in total. The second kappa shape index (κ2) is 8.62. The summed E-state index contributed by atoms with van der Waals surface area (Å²) in [7, 11) is 0. The van der Waals surface area contributed by atoms with Crippen molar-refractivity contribution in [3.8, 4) is 0 Å². The van der Waals surface area contributed by atoms with Crippen LogP contribution < -0.4 is 10.6 Å². The lowest BCUT2D eigenvalue weighted by atomic mass is 10.2. The summed E-state index contributed by atoms with van der Waals surface area (Å²) in [6, 6.07) is 8.57. The Kier molecular flexibility index (Phi) is 6.00. The Morgan fingerprint density at radius 1 is 1.07 bits per heavy atom. The number of fused-ring (bicyclic) bond motifs is 1. The number of carbonyl (C=O) groups is 2. The third-order valence-corrected chi connectivity index (χ3v) is 4.09. The number of amides is 2. The van der Waals surface area contributed by atoms with Gasteiger partial charge in [0.25, 0.3) is 5.91 Å². The van der Waals surface area contributed by atoms with Gasteiger partial charge in [-0.25, -0.2) is 13.8 Å². The van der Waals surface area contributed by atoms with Gasteiger partial charge in [0.05, 0.1) is 5.69 Å². The highest BCUT2D eigenvalue weighted by molar-refractivity contribution is 6.31. The molecule has 28 heavy (non-hydrogen) atoms. The largest absolute Gasteiger partial charge is 0.351 e. The van der Waals surface area contributed by atoms with Crippen molar-refractivity contribution in [1.82, 2.24) is 20.0 Å². The molecule has 3 aromatic rings. The molecular weight excluding hydrogens is 390 g/mol. The SMILES string of the molecule is O=C(C=Cc1c(Cl)nc2ccccn12)NCCNC(=O)c1c(F)cccc1F. The van der Waals surface area contributed by atoms with Gasteiger partial charge in [-0.1, -0.05) is 23.7 Å². The average Bonchev–Trinajstić information content (AvgIpc) is 2.98. The summed E-state index contributed by atoms with van der Waals surface area (Å²) in [6.45, 7) is 0.0778. The predicted molar refractivity (Wildman–Crippen MR) is 101 cm³/mol. The first-order valence-corrected chi connectivity index (χ1v) is 8.66. The molecule has 0 radical (unpaired) electrons. The molecule has 144 valence electrons. The predicted octanol–water partition coefficient (Wildman–Crippen LogP) is 2.83. The van der Waals surface area contributed by atoms with Crippen LogP contribution in [-0.4, -0.2) is 34.3 Å². The van der Waals surface area contributed by atoms with Crippen molar-refractivity contribution in [2.45, 2.75) is 0 Å². The number of rotatable bonds is 6. The lowest BCUT2D eigenvalue weighted by Crippen LogP contribution is -2.34. The van der Waals surface area contributed by atoms with Crippen molar-refractivity contribution in [3.63, 3.8) is 0 Å². The number of halogens is 3. The van der Waals surface area contributed by atoms with Crippen molar-refractivity contribution in [3.05, 3.63) is 76.7 Å². The molecule has 0 saturated heterocycles. The Bertz CT molecular complexity index is 1050. The number of hydrogen-bond donors (Lipinski definition) is 2. The van der Waals surface area contributed by atoms with Gasteiger partial charge >= 0.3 is 0 Å². The van der Waals surface area contributed by atoms with Gasteiger partial charge in [-0.05, 0) is 30.3 Å². The van der Waals surface area contributed by atoms with Crippen molar-refractivity contribution < 1.29 is 18.4 Å². The minimum atomic E-state index is -0.950. The smallest absolute Gasteiger partial charge is 0.257 e. The van der Waals surface area contributed by atoms with Crippen LogP contribution in [0.2, 0.25) is 5.15 Å². The van der Waals surface area contributed by atoms with Gasteiger partial charge in [0.2, 0.25) is 5.91 Å². The van der Waals surface area contributed by atoms with E-state index in [-0.39, 0.29) is 18.2 Å². The van der Waals surface area contributed by atoms with Crippen molar-refractivity contribution in [2.24, 2.45) is 0 Å². The van der Waals surface area contributed by atoms with E-state index in [1.54, 1.807) is 16.7 Å². The van der Waals surface area contributed by atoms with E-state index in [0.717, 1.165) is 12.1 Å². The zero-order valence-corrected chi connectivity index (χ0v) is 15.2. The fourth-order valence-electron chi connectivity index (χ4n) is 2.51. The Labute approximate surface area is 163 Å². The van der Waals surface area contributed by atoms with Gasteiger partial charge in [0.15, 0.2) is 5.15 Å². The highest BCUT2D eigenvalue weighted by atomic mass is 35.5. The van der Waals surface area contributed by atoms with Crippen LogP contribution in [0.25, 0.3) is 11.7 Å². The van der Waals surface area contributed by atoms with Crippen molar-refractivity contribution in [2.75, 3.05) is 13.1 Å². The van der Waals surface area contributed by atoms with Gasteiger partial charge in [-0.2, -0.15) is 0 Å². The van der Waals surface area contributed by atoms with Gasteiger partial charge in [-0.15, -0.1) is 0 Å². The summed E-state index contributed by atoms with van der Waals surface area (Å²) in [5.74, 6) is -3.21. The van der Waals surface area contributed by atoms with Crippen LogP contribution in [0.15, 0.2) is 48.7 Å². The van der Waals surface area contributed by atoms with Crippen LogP contribution in [-0.2, 0) is 4.79 Å². The molecule has 2 amide bonds. The Balaban J connectivity index is 1.51. The molecule has 0 bridgehead atoms. The standard InChI is InChI=1S/C19H15ClF2N4O2/c20-18-14(26-11-2-1-6-15(26)25-18)7-8-16(27)23-9-10-24-19(28)17-12(21)4-3-5-13(17)22/h1-8,11H,9-10H2,(H,23,27)(H,24,28). The van der Waals surface area contributed by atoms with Crippen LogP contribution in [0.4, 0.5) is 8.78 Å². The maximum Gasteiger partial charge on any atom is 0.257 e. The zero-order chi connectivity index (χ0) is 20.1. The molecule has 0 atom stereocenters. The van der Waals surface area contributed by atoms with E-state index < -0.39 is 29.0 Å². The zero-order valence-electron chi connectivity index (χ0n) is 14.5. The Morgan fingerprint density at radius 2 is 1.79 bits per heavy atom. The molecule has 9 heteroatoms. The summed E-state index contributed by atoms with van der Waals surface area (Å²) in [6.07, 6.45) is 4.56. The summed E-state index contributed by atoms with van der Waals surface area (Å²) < 4.78 is 28.8. The topological polar surface area (TPSA) is 75.5 Å². The van der Waals surface area contributed by atoms with Gasteiger partial charge in [0, 0.05) is 25.4 Å². The third kappa shape index (κ3) is 4.34. The van der Waals surface area contributed by atoms with Gasteiger partial charge in [-0.3, -0.25) is 14.0 Å². The number of imidazole rings is 1. The van der Waals surface area contributed by atoms with Crippen molar-refractivity contribution >= 4 is 35.1 Å². The first kappa shape index (κ1) is 19.5. The second-order valence-electron chi connectivity index (χ2n) is 5.69. The van der Waals surface area contributed by atoms with Gasteiger partial charge < -0.3 is 10.6 Å². The van der Waals surface area contributed by atoms with Gasteiger partial charge in [0.1, 0.15) is 22.8 Å². The van der Waals surface area contributed by atoms with E-state index in [1.165, 1.54) is 18.2 Å². The molecule has 1 aromatic carbocycles. The second-order valence-corrected chi connectivity index (χ2v) is 6.05. The molecule has 6 nitrogen and oxygen atoms in total. The molecule has 3 rings (SSSR count). The van der Waals surface area contributed by atoms with Crippen molar-refractivity contribution in [1.29, 1.82) is 0 Å². The molecule has 0 aliphatic rings. The molecule has 0 aliphatic carbocycles. The van der Waals surface area contributed by atoms with Crippen LogP contribution in [0.5, 0.6) is 0 Å². The minimum absolute atomic E-state index is 0.00254. The van der Waals surface area contributed by atoms with E-state index in [1.807, 2.05) is 12.1 Å². The van der Waals surface area contributed by atoms with Crippen LogP contribution in [0.3, 0.4) is 0 Å². The Morgan fingerprint density at radius 3 is 2.54 bits per heavy atom. The number of carbonyl (C=O) groups excluding carboxylic acids is 2. The molecule has 0 aliphatic heterocycles. The number of pyridine rings is 1. The van der Waals surface area contributed by atoms with Crippen LogP contribution in [0, 0.1) is 11.6 Å². The quantitative estimate of drug-likeness (QED) is 0.490. The highest BCUT2D eigenvalue weighted by Crippen LogP contribution is 2.18. The minimum Gasteiger partial charge on any atom is -0.351 e. The summed E-state index contributed by atoms with van der Waals surface area (Å²) in [5.41, 5.74) is 0.544. The first-order valence-electron chi connectivity index (χ1n) is 8.28. The lowest BCUT2D eigenvalue weighted by molar-refractivity contribution is -0.116. The summed E-state index contributed by atoms with van der Waals surface area (Å²) >= 11 is 6.07. The number of nitrogens with one attached hydrogen (secondary N) is 2. The van der Waals surface area contributed by atoms with E-state index in [4.69, 9.17) is 11.6 Å². The summed E-state index contributed by atoms with van der Waals surface area (Å²) in [4.78, 5) is 27.9. The van der Waals surface area contributed by atoms with Crippen LogP contribution in [0.1, 0.15) is 16.1 Å². The number of benzene rings is 1. The number of hydrogen-bond acceptors (Lipinski definition) is 3. The van der Waals surface area contributed by atoms with Crippen LogP contribution >= 0.6 is 11.6 Å². The van der Waals surface area contributed by atoms with E-state index in [2.05, 4.69) is 15.6 Å². The van der Waals surface area contributed by atoms with E-state index >= 15 is 0 Å². The summed E-state index contributed by atoms with van der Waals surface area (Å²) in [5, 5.41) is 5.15. The maximum atomic E-state index is 13.5. The normalized spacial score (nSPS) is 11.1. The molecule has 0 unspecified atom stereocenters. The number of aromatic nitrogens is 2. The monoisotopic (exact) mass is 404 g/mol. The molecule has 0 fully saturated rings. The fourth-order valence-corrected chi connectivity index (χ4v) is 2.75. The molecule has 0 saturated carbocycles. The number of nitrogens with zero attached hydrogens (tertiary/aromatic N) is 2. The average molecular weight is 405 g/mol. The fraction of sp³-hybridized carbons (Fsp3) is 0.105. The molecule has 0 spiro atoms. The maximum absolute atomic E-state index is 13.5. The van der Waals surface area contributed by atoms with E-state index in [0.29, 0.717) is 11.3 Å². The molecular formula is C19H15ClF2N4O2. The Hall–Kier alpha value is -3.26. The molecule has 2 aromatic heterocycles. The lowest BCUT2D eigenvalue weighted by Gasteiger charge is -2.07. The molecule has 2 heterocycles. The third-order valence-electron chi connectivity index (χ3n) is 3.81. The first-order chi connectivity index (χ1) is 13.5. The van der Waals surface area contributed by atoms with E-state index in [9.17, 15) is 18.4 Å².